The number of carbonyl (C=O) groups excluding carboxylic acids is 1. The molecule has 0 spiro atoms. The van der Waals surface area contributed by atoms with Gasteiger partial charge in [0.15, 0.2) is 0 Å². The Morgan fingerprint density at radius 3 is 2.44 bits per heavy atom. The van der Waals surface area contributed by atoms with Crippen LogP contribution in [-0.4, -0.2) is 11.0 Å². The van der Waals surface area contributed by atoms with Crippen LogP contribution >= 0.6 is 11.3 Å². The summed E-state index contributed by atoms with van der Waals surface area (Å²) in [7, 11) is 0. The van der Waals surface area contributed by atoms with Crippen LogP contribution in [0.1, 0.15) is 45.3 Å². The largest absolute Gasteiger partial charge is 0.459 e. The monoisotopic (exact) mass is 267 g/mol. The van der Waals surface area contributed by atoms with Gasteiger partial charge in [-0.2, -0.15) is 0 Å². The van der Waals surface area contributed by atoms with Crippen molar-refractivity contribution in [3.63, 3.8) is 0 Å². The van der Waals surface area contributed by atoms with Gasteiger partial charge in [0.05, 0.1) is 16.6 Å². The Hall–Kier alpha value is -0.900. The van der Waals surface area contributed by atoms with E-state index in [2.05, 4.69) is 39.6 Å². The van der Waals surface area contributed by atoms with Gasteiger partial charge in [-0.05, 0) is 17.3 Å². The molecule has 1 saturated carbocycles. The van der Waals surface area contributed by atoms with Crippen LogP contribution in [0.3, 0.4) is 0 Å². The molecule has 4 heteroatoms. The highest BCUT2D eigenvalue weighted by molar-refractivity contribution is 7.09. The first-order chi connectivity index (χ1) is 8.30. The van der Waals surface area contributed by atoms with Gasteiger partial charge >= 0.3 is 5.97 Å². The van der Waals surface area contributed by atoms with Crippen LogP contribution < -0.4 is 0 Å². The summed E-state index contributed by atoms with van der Waals surface area (Å²) in [6.07, 6.45) is 0.932. The second kappa shape index (κ2) is 4.34. The molecule has 0 bridgehead atoms. The predicted molar refractivity (Wildman–Crippen MR) is 72.3 cm³/mol. The van der Waals surface area contributed by atoms with Crippen LogP contribution in [0.2, 0.25) is 0 Å². The summed E-state index contributed by atoms with van der Waals surface area (Å²) in [6.45, 7) is 10.9. The summed E-state index contributed by atoms with van der Waals surface area (Å²) in [6, 6.07) is 0. The van der Waals surface area contributed by atoms with E-state index in [0.717, 1.165) is 17.1 Å². The highest BCUT2D eigenvalue weighted by Crippen LogP contribution is 2.68. The minimum absolute atomic E-state index is 0.00859. The van der Waals surface area contributed by atoms with E-state index < -0.39 is 0 Å². The summed E-state index contributed by atoms with van der Waals surface area (Å²) in [5.41, 5.74) is 0.947. The highest BCUT2D eigenvalue weighted by atomic mass is 32.1. The van der Waals surface area contributed by atoms with Crippen molar-refractivity contribution in [1.82, 2.24) is 4.98 Å². The van der Waals surface area contributed by atoms with E-state index in [-0.39, 0.29) is 22.7 Å². The van der Waals surface area contributed by atoms with Crippen LogP contribution in [0.15, 0.2) is 5.38 Å². The Bertz CT molecular complexity index is 448. The Kier molecular flexibility index (Phi) is 3.26. The van der Waals surface area contributed by atoms with E-state index in [1.54, 1.807) is 11.3 Å². The molecule has 0 saturated heterocycles. The fourth-order valence-electron chi connectivity index (χ4n) is 2.59. The van der Waals surface area contributed by atoms with Crippen LogP contribution in [0.25, 0.3) is 0 Å². The fraction of sp³-hybridized carbons (Fsp3) is 0.714. The van der Waals surface area contributed by atoms with Crippen LogP contribution in [-0.2, 0) is 22.6 Å². The van der Waals surface area contributed by atoms with Crippen molar-refractivity contribution in [3.8, 4) is 0 Å². The number of rotatable bonds is 4. The molecular formula is C14H21NO2S. The maximum atomic E-state index is 12.0. The SMILES string of the molecule is CCc1nc(COC(=O)C2C(C)(C)C2(C)C)cs1. The third-order valence-corrected chi connectivity index (χ3v) is 5.56. The van der Waals surface area contributed by atoms with Crippen molar-refractivity contribution < 1.29 is 9.53 Å². The van der Waals surface area contributed by atoms with Crippen LogP contribution in [0.5, 0.6) is 0 Å². The van der Waals surface area contributed by atoms with Gasteiger partial charge in [0, 0.05) is 5.38 Å². The van der Waals surface area contributed by atoms with Gasteiger partial charge in [-0.3, -0.25) is 4.79 Å². The summed E-state index contributed by atoms with van der Waals surface area (Å²) in [5, 5.41) is 3.06. The molecule has 100 valence electrons. The Morgan fingerprint density at radius 2 is 2.00 bits per heavy atom. The molecule has 0 atom stereocenters. The number of hydrogen-bond acceptors (Lipinski definition) is 4. The van der Waals surface area contributed by atoms with Crippen molar-refractivity contribution >= 4 is 17.3 Å². The quantitative estimate of drug-likeness (QED) is 0.785. The van der Waals surface area contributed by atoms with E-state index >= 15 is 0 Å². The van der Waals surface area contributed by atoms with E-state index in [0.29, 0.717) is 6.61 Å². The molecule has 1 aromatic rings. The van der Waals surface area contributed by atoms with Crippen molar-refractivity contribution in [2.24, 2.45) is 16.7 Å². The molecule has 1 aliphatic carbocycles. The van der Waals surface area contributed by atoms with Crippen molar-refractivity contribution in [3.05, 3.63) is 16.1 Å². The molecule has 0 amide bonds. The third-order valence-electron chi connectivity index (χ3n) is 4.52. The standard InChI is InChI=1S/C14H21NO2S/c1-6-10-15-9(8-18-10)7-17-12(16)11-13(2,3)14(11,4)5/h8,11H,6-7H2,1-5H3. The van der Waals surface area contributed by atoms with E-state index in [9.17, 15) is 4.79 Å². The summed E-state index contributed by atoms with van der Waals surface area (Å²) >= 11 is 1.62. The lowest BCUT2D eigenvalue weighted by molar-refractivity contribution is -0.148. The Morgan fingerprint density at radius 1 is 1.39 bits per heavy atom. The predicted octanol–water partition coefficient (Wildman–Crippen LogP) is 3.43. The number of aryl methyl sites for hydroxylation is 1. The van der Waals surface area contributed by atoms with Gasteiger partial charge in [0.2, 0.25) is 0 Å². The van der Waals surface area contributed by atoms with E-state index in [1.807, 2.05) is 5.38 Å². The number of esters is 1. The molecule has 1 fully saturated rings. The van der Waals surface area contributed by atoms with Gasteiger partial charge in [0.1, 0.15) is 6.61 Å². The zero-order valence-corrected chi connectivity index (χ0v) is 12.6. The fourth-order valence-corrected chi connectivity index (χ4v) is 3.32. The van der Waals surface area contributed by atoms with E-state index in [1.165, 1.54) is 0 Å². The summed E-state index contributed by atoms with van der Waals surface area (Å²) < 4.78 is 5.39. The number of hydrogen-bond donors (Lipinski definition) is 0. The smallest absolute Gasteiger partial charge is 0.310 e. The first kappa shape index (κ1) is 13.5. The molecule has 0 aromatic carbocycles. The van der Waals surface area contributed by atoms with Gasteiger partial charge in [-0.15, -0.1) is 11.3 Å². The number of carbonyl (C=O) groups is 1. The van der Waals surface area contributed by atoms with Crippen LogP contribution in [0.4, 0.5) is 0 Å². The molecule has 3 nitrogen and oxygen atoms in total. The molecule has 2 rings (SSSR count). The topological polar surface area (TPSA) is 39.2 Å². The molecule has 1 aliphatic rings. The highest BCUT2D eigenvalue weighted by Gasteiger charge is 2.69. The molecule has 1 aromatic heterocycles. The normalized spacial score (nSPS) is 20.7. The molecule has 0 radical (unpaired) electrons. The van der Waals surface area contributed by atoms with Gasteiger partial charge in [0.25, 0.3) is 0 Å². The first-order valence-electron chi connectivity index (χ1n) is 6.40. The summed E-state index contributed by atoms with van der Waals surface area (Å²) in [5.74, 6) is -0.0784. The molecule has 0 aliphatic heterocycles. The minimum Gasteiger partial charge on any atom is -0.459 e. The van der Waals surface area contributed by atoms with E-state index in [4.69, 9.17) is 4.74 Å². The number of ether oxygens (including phenoxy) is 1. The maximum absolute atomic E-state index is 12.0. The van der Waals surface area contributed by atoms with Crippen molar-refractivity contribution in [2.45, 2.75) is 47.6 Å². The maximum Gasteiger partial charge on any atom is 0.310 e. The van der Waals surface area contributed by atoms with Gasteiger partial charge < -0.3 is 4.74 Å². The number of nitrogens with zero attached hydrogens (tertiary/aromatic N) is 1. The minimum atomic E-state index is -0.0870. The lowest BCUT2D eigenvalue weighted by Gasteiger charge is -2.03. The number of thiazole rings is 1. The number of aromatic nitrogens is 1. The molecule has 0 N–H and O–H groups in total. The van der Waals surface area contributed by atoms with Gasteiger partial charge in [-0.25, -0.2) is 4.98 Å². The molecule has 0 unspecified atom stereocenters. The second-order valence-corrected chi connectivity index (χ2v) is 7.01. The average Bonchev–Trinajstić information content (AvgIpc) is 2.68. The van der Waals surface area contributed by atoms with Crippen molar-refractivity contribution in [2.75, 3.05) is 0 Å². The molecule has 1 heterocycles. The summed E-state index contributed by atoms with van der Waals surface area (Å²) in [4.78, 5) is 16.4. The van der Waals surface area contributed by atoms with Gasteiger partial charge in [-0.1, -0.05) is 34.6 Å². The third kappa shape index (κ3) is 2.07. The Balaban J connectivity index is 1.90. The first-order valence-corrected chi connectivity index (χ1v) is 7.28. The lowest BCUT2D eigenvalue weighted by Crippen LogP contribution is -2.11. The molecule has 18 heavy (non-hydrogen) atoms. The average molecular weight is 267 g/mol. The zero-order valence-electron chi connectivity index (χ0n) is 11.7. The lowest BCUT2D eigenvalue weighted by atomic mass is 10.0. The second-order valence-electron chi connectivity index (χ2n) is 6.07. The zero-order chi connectivity index (χ0) is 13.6. The Labute approximate surface area is 113 Å². The van der Waals surface area contributed by atoms with Crippen molar-refractivity contribution in [1.29, 1.82) is 0 Å². The van der Waals surface area contributed by atoms with Crippen LogP contribution in [0, 0.1) is 16.7 Å². The molecular weight excluding hydrogens is 246 g/mol.